The molecule has 14 heavy (non-hydrogen) atoms. The minimum Gasteiger partial charge on any atom is -0.397 e. The minimum atomic E-state index is 0.679. The zero-order valence-corrected chi connectivity index (χ0v) is 10.5. The Morgan fingerprint density at radius 3 is 2.86 bits per heavy atom. The highest BCUT2D eigenvalue weighted by molar-refractivity contribution is 9.10. The van der Waals surface area contributed by atoms with Gasteiger partial charge in [-0.1, -0.05) is 15.9 Å². The summed E-state index contributed by atoms with van der Waals surface area (Å²) in [6.45, 7) is 0.921. The molecule has 2 N–H and O–H groups in total. The number of hydrogen-bond acceptors (Lipinski definition) is 2. The number of benzene rings is 1. The van der Waals surface area contributed by atoms with Gasteiger partial charge in [0, 0.05) is 23.9 Å². The predicted octanol–water partition coefficient (Wildman–Crippen LogP) is 3.10. The van der Waals surface area contributed by atoms with E-state index in [9.17, 15) is 0 Å². The van der Waals surface area contributed by atoms with Gasteiger partial charge in [0.1, 0.15) is 0 Å². The molecule has 0 saturated heterocycles. The summed E-state index contributed by atoms with van der Waals surface area (Å²) in [5, 5.41) is 0. The lowest BCUT2D eigenvalue weighted by Crippen LogP contribution is -2.20. The number of halogens is 2. The highest BCUT2D eigenvalue weighted by atomic mass is 79.9. The topological polar surface area (TPSA) is 29.3 Å². The molecule has 4 heteroatoms. The molecule has 1 aromatic rings. The lowest BCUT2D eigenvalue weighted by Gasteiger charge is -2.20. The Morgan fingerprint density at radius 1 is 1.50 bits per heavy atom. The van der Waals surface area contributed by atoms with Crippen molar-refractivity contribution in [1.82, 2.24) is 0 Å². The van der Waals surface area contributed by atoms with Gasteiger partial charge in [-0.3, -0.25) is 0 Å². The van der Waals surface area contributed by atoms with Crippen molar-refractivity contribution in [2.75, 3.05) is 30.1 Å². The third-order valence-corrected chi connectivity index (χ3v) is 2.79. The van der Waals surface area contributed by atoms with Crippen LogP contribution < -0.4 is 10.6 Å². The molecule has 0 bridgehead atoms. The SMILES string of the molecule is CN(CCCCl)c1cc(Br)ccc1N. The van der Waals surface area contributed by atoms with Crippen LogP contribution in [-0.4, -0.2) is 19.5 Å². The predicted molar refractivity (Wildman–Crippen MR) is 67.2 cm³/mol. The Bertz CT molecular complexity index is 304. The third-order valence-electron chi connectivity index (χ3n) is 2.03. The zero-order chi connectivity index (χ0) is 10.6. The van der Waals surface area contributed by atoms with E-state index in [4.69, 9.17) is 17.3 Å². The number of nitrogens with zero attached hydrogens (tertiary/aromatic N) is 1. The summed E-state index contributed by atoms with van der Waals surface area (Å²) in [5.41, 5.74) is 7.71. The second kappa shape index (κ2) is 5.47. The van der Waals surface area contributed by atoms with Crippen molar-refractivity contribution < 1.29 is 0 Å². The first-order valence-corrected chi connectivity index (χ1v) is 5.80. The number of nitrogens with two attached hydrogens (primary N) is 1. The molecular weight excluding hydrogens is 263 g/mol. The van der Waals surface area contributed by atoms with Gasteiger partial charge in [0.25, 0.3) is 0 Å². The van der Waals surface area contributed by atoms with E-state index in [0.29, 0.717) is 5.88 Å². The average Bonchev–Trinajstić information content (AvgIpc) is 2.18. The molecule has 0 aliphatic carbocycles. The molecule has 0 atom stereocenters. The first-order valence-electron chi connectivity index (χ1n) is 4.47. The molecule has 78 valence electrons. The van der Waals surface area contributed by atoms with E-state index in [1.165, 1.54) is 0 Å². The van der Waals surface area contributed by atoms with Crippen LogP contribution in [0.3, 0.4) is 0 Å². The molecule has 0 unspecified atom stereocenters. The molecule has 0 fully saturated rings. The van der Waals surface area contributed by atoms with Crippen LogP contribution in [0.1, 0.15) is 6.42 Å². The average molecular weight is 278 g/mol. The summed E-state index contributed by atoms with van der Waals surface area (Å²) in [7, 11) is 2.02. The van der Waals surface area contributed by atoms with Crippen LogP contribution in [0, 0.1) is 0 Å². The number of alkyl halides is 1. The first kappa shape index (κ1) is 11.7. The molecule has 1 aromatic carbocycles. The van der Waals surface area contributed by atoms with E-state index < -0.39 is 0 Å². The van der Waals surface area contributed by atoms with Gasteiger partial charge in [-0.25, -0.2) is 0 Å². The Hall–Kier alpha value is -0.410. The lowest BCUT2D eigenvalue weighted by molar-refractivity contribution is 0.857. The smallest absolute Gasteiger partial charge is 0.0608 e. The summed E-state index contributed by atoms with van der Waals surface area (Å²) in [4.78, 5) is 2.11. The Labute approximate surface area is 98.2 Å². The fourth-order valence-corrected chi connectivity index (χ4v) is 1.73. The van der Waals surface area contributed by atoms with Gasteiger partial charge in [-0.15, -0.1) is 11.6 Å². The maximum atomic E-state index is 5.87. The van der Waals surface area contributed by atoms with Crippen molar-refractivity contribution >= 4 is 38.9 Å². The van der Waals surface area contributed by atoms with Crippen molar-refractivity contribution in [2.24, 2.45) is 0 Å². The van der Waals surface area contributed by atoms with E-state index in [2.05, 4.69) is 20.8 Å². The molecule has 2 nitrogen and oxygen atoms in total. The number of nitrogen functional groups attached to an aromatic ring is 1. The van der Waals surface area contributed by atoms with Gasteiger partial charge < -0.3 is 10.6 Å². The van der Waals surface area contributed by atoms with E-state index in [0.717, 1.165) is 28.8 Å². The first-order chi connectivity index (χ1) is 6.65. The summed E-state index contributed by atoms with van der Waals surface area (Å²) in [6, 6.07) is 5.86. The van der Waals surface area contributed by atoms with E-state index in [1.807, 2.05) is 25.2 Å². The van der Waals surface area contributed by atoms with Gasteiger partial charge in [0.15, 0.2) is 0 Å². The second-order valence-corrected chi connectivity index (χ2v) is 4.46. The van der Waals surface area contributed by atoms with Gasteiger partial charge in [0.05, 0.1) is 11.4 Å². The second-order valence-electron chi connectivity index (χ2n) is 3.17. The molecule has 0 saturated carbocycles. The van der Waals surface area contributed by atoms with Gasteiger partial charge in [0.2, 0.25) is 0 Å². The molecule has 0 radical (unpaired) electrons. The van der Waals surface area contributed by atoms with Crippen molar-refractivity contribution in [3.05, 3.63) is 22.7 Å². The standard InChI is InChI=1S/C10H14BrClN2/c1-14(6-2-5-12)10-7-8(11)3-4-9(10)13/h3-4,7H,2,5-6,13H2,1H3. The fourth-order valence-electron chi connectivity index (χ4n) is 1.26. The third kappa shape index (κ3) is 3.07. The van der Waals surface area contributed by atoms with Crippen LogP contribution in [0.5, 0.6) is 0 Å². The van der Waals surface area contributed by atoms with E-state index >= 15 is 0 Å². The van der Waals surface area contributed by atoms with E-state index in [-0.39, 0.29) is 0 Å². The molecule has 0 amide bonds. The van der Waals surface area contributed by atoms with Gasteiger partial charge in [-0.05, 0) is 24.6 Å². The Kier molecular flexibility index (Phi) is 4.55. The van der Waals surface area contributed by atoms with Crippen molar-refractivity contribution in [3.63, 3.8) is 0 Å². The van der Waals surface area contributed by atoms with Crippen LogP contribution in [0.4, 0.5) is 11.4 Å². The number of hydrogen-bond donors (Lipinski definition) is 1. The van der Waals surface area contributed by atoms with Crippen LogP contribution in [0.25, 0.3) is 0 Å². The molecule has 0 aliphatic rings. The molecule has 1 rings (SSSR count). The van der Waals surface area contributed by atoms with Crippen LogP contribution in [0.15, 0.2) is 22.7 Å². The summed E-state index contributed by atoms with van der Waals surface area (Å²) in [5.74, 6) is 0.679. The molecule has 0 aliphatic heterocycles. The quantitative estimate of drug-likeness (QED) is 0.677. The lowest BCUT2D eigenvalue weighted by atomic mass is 10.2. The van der Waals surface area contributed by atoms with Crippen molar-refractivity contribution in [1.29, 1.82) is 0 Å². The van der Waals surface area contributed by atoms with Crippen LogP contribution >= 0.6 is 27.5 Å². The molecule has 0 spiro atoms. The van der Waals surface area contributed by atoms with Crippen LogP contribution in [-0.2, 0) is 0 Å². The van der Waals surface area contributed by atoms with Crippen molar-refractivity contribution in [3.8, 4) is 0 Å². The highest BCUT2D eigenvalue weighted by Gasteiger charge is 2.04. The normalized spacial score (nSPS) is 10.2. The Balaban J connectivity index is 2.77. The monoisotopic (exact) mass is 276 g/mol. The molecule has 0 heterocycles. The fraction of sp³-hybridized carbons (Fsp3) is 0.400. The highest BCUT2D eigenvalue weighted by Crippen LogP contribution is 2.26. The molecule has 0 aromatic heterocycles. The molecular formula is C10H14BrClN2. The van der Waals surface area contributed by atoms with Crippen molar-refractivity contribution in [2.45, 2.75) is 6.42 Å². The van der Waals surface area contributed by atoms with E-state index in [1.54, 1.807) is 0 Å². The maximum Gasteiger partial charge on any atom is 0.0608 e. The summed E-state index contributed by atoms with van der Waals surface area (Å²) < 4.78 is 1.04. The summed E-state index contributed by atoms with van der Waals surface area (Å²) in [6.07, 6.45) is 0.962. The largest absolute Gasteiger partial charge is 0.397 e. The summed E-state index contributed by atoms with van der Waals surface area (Å²) >= 11 is 9.06. The zero-order valence-electron chi connectivity index (χ0n) is 8.13. The van der Waals surface area contributed by atoms with Crippen LogP contribution in [0.2, 0.25) is 0 Å². The van der Waals surface area contributed by atoms with Gasteiger partial charge in [-0.2, -0.15) is 0 Å². The Morgan fingerprint density at radius 2 is 2.21 bits per heavy atom. The number of anilines is 2. The maximum absolute atomic E-state index is 5.87. The number of rotatable bonds is 4. The minimum absolute atomic E-state index is 0.679. The van der Waals surface area contributed by atoms with Gasteiger partial charge >= 0.3 is 0 Å².